The molecule has 1 aromatic rings. The van der Waals surface area contributed by atoms with E-state index in [1.165, 1.54) is 0 Å². The van der Waals surface area contributed by atoms with E-state index in [0.29, 0.717) is 11.1 Å². The van der Waals surface area contributed by atoms with Crippen LogP contribution >= 0.6 is 11.6 Å². The lowest BCUT2D eigenvalue weighted by Gasteiger charge is -2.34. The molecule has 0 aliphatic carbocycles. The largest absolute Gasteiger partial charge is 0.392 e. The molecule has 0 spiro atoms. The van der Waals surface area contributed by atoms with Gasteiger partial charge in [-0.2, -0.15) is 5.10 Å². The van der Waals surface area contributed by atoms with Gasteiger partial charge in [-0.15, -0.1) is 0 Å². The van der Waals surface area contributed by atoms with E-state index < -0.39 is 0 Å². The zero-order chi connectivity index (χ0) is 12.6. The van der Waals surface area contributed by atoms with E-state index in [1.54, 1.807) is 4.68 Å². The number of halogens is 1. The van der Waals surface area contributed by atoms with Crippen LogP contribution in [0.15, 0.2) is 0 Å². The molecule has 1 saturated heterocycles. The molecule has 4 nitrogen and oxygen atoms in total. The molecule has 0 bridgehead atoms. The van der Waals surface area contributed by atoms with Gasteiger partial charge in [-0.05, 0) is 25.8 Å². The maximum absolute atomic E-state index is 9.87. The Labute approximate surface area is 107 Å². The van der Waals surface area contributed by atoms with Crippen molar-refractivity contribution >= 4 is 11.6 Å². The first kappa shape index (κ1) is 12.9. The van der Waals surface area contributed by atoms with Gasteiger partial charge < -0.3 is 5.11 Å². The second-order valence-electron chi connectivity index (χ2n) is 5.05. The molecular weight excluding hydrogens is 238 g/mol. The minimum Gasteiger partial charge on any atom is -0.392 e. The van der Waals surface area contributed by atoms with E-state index in [0.717, 1.165) is 37.3 Å². The maximum atomic E-state index is 9.87. The van der Waals surface area contributed by atoms with Crippen molar-refractivity contribution in [1.29, 1.82) is 0 Å². The summed E-state index contributed by atoms with van der Waals surface area (Å²) in [7, 11) is 1.85. The van der Waals surface area contributed by atoms with Gasteiger partial charge in [0.25, 0.3) is 0 Å². The summed E-state index contributed by atoms with van der Waals surface area (Å²) in [4.78, 5) is 2.25. The molecule has 0 radical (unpaired) electrons. The van der Waals surface area contributed by atoms with Crippen LogP contribution in [0.3, 0.4) is 0 Å². The number of aromatic nitrogens is 2. The van der Waals surface area contributed by atoms with Crippen molar-refractivity contribution in [1.82, 2.24) is 14.7 Å². The minimum absolute atomic E-state index is 0.223. The summed E-state index contributed by atoms with van der Waals surface area (Å²) in [5.74, 6) is 0.400. The number of β-amino-alcohol motifs (C(OH)–C–C–N with tert-alkyl or cyclic N) is 1. The number of aliphatic hydroxyl groups is 1. The lowest BCUT2D eigenvalue weighted by molar-refractivity contribution is 0.0258. The average Bonchev–Trinajstić information content (AvgIpc) is 2.50. The van der Waals surface area contributed by atoms with Gasteiger partial charge in [0.15, 0.2) is 0 Å². The molecule has 5 heteroatoms. The number of hydrogen-bond donors (Lipinski definition) is 1. The van der Waals surface area contributed by atoms with Crippen LogP contribution in [-0.4, -0.2) is 39.0 Å². The SMILES string of the molecule is Cc1nn(C)c(Cl)c1CN1CCC(C)C(O)C1. The molecular formula is C12H20ClN3O. The molecule has 2 heterocycles. The lowest BCUT2D eigenvalue weighted by atomic mass is 9.96. The van der Waals surface area contributed by atoms with Gasteiger partial charge in [-0.3, -0.25) is 9.58 Å². The number of likely N-dealkylation sites (tertiary alicyclic amines) is 1. The topological polar surface area (TPSA) is 41.3 Å². The van der Waals surface area contributed by atoms with Gasteiger partial charge in [-0.1, -0.05) is 18.5 Å². The molecule has 96 valence electrons. The van der Waals surface area contributed by atoms with Crippen LogP contribution < -0.4 is 0 Å². The molecule has 0 saturated carbocycles. The van der Waals surface area contributed by atoms with E-state index in [1.807, 2.05) is 14.0 Å². The third-order valence-electron chi connectivity index (χ3n) is 3.65. The van der Waals surface area contributed by atoms with Crippen molar-refractivity contribution in [3.8, 4) is 0 Å². The van der Waals surface area contributed by atoms with Crippen LogP contribution in [0.5, 0.6) is 0 Å². The number of rotatable bonds is 2. The summed E-state index contributed by atoms with van der Waals surface area (Å²) in [6.45, 7) is 6.60. The van der Waals surface area contributed by atoms with E-state index in [2.05, 4.69) is 16.9 Å². The predicted molar refractivity (Wildman–Crippen MR) is 68.0 cm³/mol. The Morgan fingerprint density at radius 1 is 1.53 bits per heavy atom. The van der Waals surface area contributed by atoms with Crippen molar-refractivity contribution in [2.24, 2.45) is 13.0 Å². The molecule has 0 amide bonds. The smallest absolute Gasteiger partial charge is 0.131 e. The van der Waals surface area contributed by atoms with Crippen LogP contribution in [0, 0.1) is 12.8 Å². The van der Waals surface area contributed by atoms with E-state index in [-0.39, 0.29) is 6.10 Å². The Bertz CT molecular complexity index is 405. The molecule has 2 atom stereocenters. The van der Waals surface area contributed by atoms with Crippen LogP contribution in [0.2, 0.25) is 5.15 Å². The van der Waals surface area contributed by atoms with Crippen LogP contribution in [-0.2, 0) is 13.6 Å². The number of piperidine rings is 1. The molecule has 1 fully saturated rings. The van der Waals surface area contributed by atoms with E-state index in [9.17, 15) is 5.11 Å². The van der Waals surface area contributed by atoms with Gasteiger partial charge in [0, 0.05) is 25.7 Å². The van der Waals surface area contributed by atoms with Crippen LogP contribution in [0.4, 0.5) is 0 Å². The van der Waals surface area contributed by atoms with Crippen LogP contribution in [0.1, 0.15) is 24.6 Å². The molecule has 2 unspecified atom stereocenters. The Morgan fingerprint density at radius 2 is 2.24 bits per heavy atom. The highest BCUT2D eigenvalue weighted by atomic mass is 35.5. The summed E-state index contributed by atoms with van der Waals surface area (Å²) < 4.78 is 1.70. The van der Waals surface area contributed by atoms with Gasteiger partial charge in [0.1, 0.15) is 5.15 Å². The predicted octanol–water partition coefficient (Wildman–Crippen LogP) is 1.58. The molecule has 1 aromatic heterocycles. The first-order valence-corrected chi connectivity index (χ1v) is 6.45. The summed E-state index contributed by atoms with van der Waals surface area (Å²) in [5, 5.41) is 14.9. The number of nitrogens with zero attached hydrogens (tertiary/aromatic N) is 3. The minimum atomic E-state index is -0.223. The third-order valence-corrected chi connectivity index (χ3v) is 4.13. The second kappa shape index (κ2) is 4.96. The zero-order valence-electron chi connectivity index (χ0n) is 10.6. The van der Waals surface area contributed by atoms with Crippen molar-refractivity contribution in [3.63, 3.8) is 0 Å². The number of aryl methyl sites for hydroxylation is 2. The maximum Gasteiger partial charge on any atom is 0.131 e. The Morgan fingerprint density at radius 3 is 2.76 bits per heavy atom. The first-order chi connectivity index (χ1) is 7.99. The van der Waals surface area contributed by atoms with Gasteiger partial charge in [0.2, 0.25) is 0 Å². The normalized spacial score (nSPS) is 26.4. The molecule has 17 heavy (non-hydrogen) atoms. The Balaban J connectivity index is 2.06. The summed E-state index contributed by atoms with van der Waals surface area (Å²) in [5.41, 5.74) is 2.06. The lowest BCUT2D eigenvalue weighted by Crippen LogP contribution is -2.42. The molecule has 0 aromatic carbocycles. The standard InChI is InChI=1S/C12H20ClN3O/c1-8-4-5-16(7-11(8)17)6-10-9(2)14-15(3)12(10)13/h8,11,17H,4-7H2,1-3H3. The monoisotopic (exact) mass is 257 g/mol. The highest BCUT2D eigenvalue weighted by Crippen LogP contribution is 2.24. The zero-order valence-corrected chi connectivity index (χ0v) is 11.4. The quantitative estimate of drug-likeness (QED) is 0.875. The van der Waals surface area contributed by atoms with E-state index >= 15 is 0 Å². The highest BCUT2D eigenvalue weighted by Gasteiger charge is 2.25. The first-order valence-electron chi connectivity index (χ1n) is 6.07. The number of aliphatic hydroxyl groups excluding tert-OH is 1. The fourth-order valence-corrected chi connectivity index (χ4v) is 2.57. The molecule has 1 N–H and O–H groups in total. The van der Waals surface area contributed by atoms with Crippen LogP contribution in [0.25, 0.3) is 0 Å². The molecule has 1 aliphatic rings. The van der Waals surface area contributed by atoms with Crippen molar-refractivity contribution < 1.29 is 5.11 Å². The van der Waals surface area contributed by atoms with Crippen molar-refractivity contribution in [2.45, 2.75) is 32.9 Å². The van der Waals surface area contributed by atoms with Crippen molar-refractivity contribution in [2.75, 3.05) is 13.1 Å². The van der Waals surface area contributed by atoms with Gasteiger partial charge in [0.05, 0.1) is 11.8 Å². The summed E-state index contributed by atoms with van der Waals surface area (Å²) in [6.07, 6.45) is 0.817. The Hall–Kier alpha value is -0.580. The average molecular weight is 258 g/mol. The summed E-state index contributed by atoms with van der Waals surface area (Å²) in [6, 6.07) is 0. The second-order valence-corrected chi connectivity index (χ2v) is 5.40. The highest BCUT2D eigenvalue weighted by molar-refractivity contribution is 6.30. The fourth-order valence-electron chi connectivity index (χ4n) is 2.34. The molecule has 2 rings (SSSR count). The fraction of sp³-hybridized carbons (Fsp3) is 0.750. The number of hydrogen-bond acceptors (Lipinski definition) is 3. The summed E-state index contributed by atoms with van der Waals surface area (Å²) >= 11 is 6.21. The van der Waals surface area contributed by atoms with Crippen molar-refractivity contribution in [3.05, 3.63) is 16.4 Å². The molecule has 1 aliphatic heterocycles. The third kappa shape index (κ3) is 2.64. The van der Waals surface area contributed by atoms with Gasteiger partial charge >= 0.3 is 0 Å². The van der Waals surface area contributed by atoms with E-state index in [4.69, 9.17) is 11.6 Å². The Kier molecular flexibility index (Phi) is 3.76. The van der Waals surface area contributed by atoms with Gasteiger partial charge in [-0.25, -0.2) is 0 Å².